The number of pyridine rings is 2. The molecule has 0 aliphatic carbocycles. The number of halogens is 1. The number of piperazine rings is 1. The van der Waals surface area contributed by atoms with E-state index in [-0.39, 0.29) is 17.9 Å². The van der Waals surface area contributed by atoms with Gasteiger partial charge in [-0.05, 0) is 36.8 Å². The van der Waals surface area contributed by atoms with Gasteiger partial charge in [0.15, 0.2) is 0 Å². The van der Waals surface area contributed by atoms with Crippen LogP contribution in [0.1, 0.15) is 35.3 Å². The van der Waals surface area contributed by atoms with Gasteiger partial charge in [0, 0.05) is 44.8 Å². The number of aromatic nitrogens is 2. The molecule has 0 radical (unpaired) electrons. The van der Waals surface area contributed by atoms with Gasteiger partial charge in [-0.2, -0.15) is 0 Å². The standard InChI is InChI=1S/C26H28ClN5O3/c1-19(20-6-5-10-28-17-20)30-25-23(27)16-21(18-29-25)26(34)32-13-11-31(12-14-32)24(33)9-15-35-22-7-3-2-4-8-22/h2-8,10,16-19H,9,11-15H2,1H3,(H,29,30). The molecule has 1 aromatic carbocycles. The number of para-hydroxylation sites is 1. The van der Waals surface area contributed by atoms with Crippen molar-refractivity contribution in [1.29, 1.82) is 0 Å². The van der Waals surface area contributed by atoms with Crippen molar-refractivity contribution in [2.45, 2.75) is 19.4 Å². The van der Waals surface area contributed by atoms with Crippen molar-refractivity contribution in [3.8, 4) is 5.75 Å². The zero-order chi connectivity index (χ0) is 24.6. The second-order valence-corrected chi connectivity index (χ2v) is 8.70. The molecule has 1 aliphatic heterocycles. The maximum atomic E-state index is 13.0. The predicted molar refractivity (Wildman–Crippen MR) is 135 cm³/mol. The van der Waals surface area contributed by atoms with E-state index in [1.165, 1.54) is 6.20 Å². The van der Waals surface area contributed by atoms with Crippen LogP contribution in [-0.2, 0) is 4.79 Å². The first-order valence-corrected chi connectivity index (χ1v) is 12.0. The van der Waals surface area contributed by atoms with Gasteiger partial charge in [0.1, 0.15) is 11.6 Å². The lowest BCUT2D eigenvalue weighted by Gasteiger charge is -2.34. The molecule has 0 spiro atoms. The Morgan fingerprint density at radius 3 is 2.49 bits per heavy atom. The third-order valence-corrected chi connectivity index (χ3v) is 6.16. The molecule has 1 N–H and O–H groups in total. The van der Waals surface area contributed by atoms with E-state index in [2.05, 4.69) is 15.3 Å². The van der Waals surface area contributed by atoms with Crippen molar-refractivity contribution < 1.29 is 14.3 Å². The van der Waals surface area contributed by atoms with Gasteiger partial charge in [-0.3, -0.25) is 14.6 Å². The van der Waals surface area contributed by atoms with Gasteiger partial charge in [0.25, 0.3) is 5.91 Å². The number of nitrogens with zero attached hydrogens (tertiary/aromatic N) is 4. The number of rotatable bonds is 8. The van der Waals surface area contributed by atoms with E-state index in [1.54, 1.807) is 28.3 Å². The number of hydrogen-bond acceptors (Lipinski definition) is 6. The van der Waals surface area contributed by atoms with E-state index in [0.29, 0.717) is 55.6 Å². The fourth-order valence-electron chi connectivity index (χ4n) is 3.85. The van der Waals surface area contributed by atoms with Crippen LogP contribution < -0.4 is 10.1 Å². The summed E-state index contributed by atoms with van der Waals surface area (Å²) in [6, 6.07) is 14.9. The van der Waals surface area contributed by atoms with Gasteiger partial charge in [-0.25, -0.2) is 4.98 Å². The molecule has 3 aromatic rings. The lowest BCUT2D eigenvalue weighted by atomic mass is 10.1. The molecule has 2 aromatic heterocycles. The molecule has 1 aliphatic rings. The van der Waals surface area contributed by atoms with E-state index in [1.807, 2.05) is 49.4 Å². The Morgan fingerprint density at radius 1 is 1.06 bits per heavy atom. The van der Waals surface area contributed by atoms with Crippen LogP contribution in [0, 0.1) is 0 Å². The molecule has 3 heterocycles. The van der Waals surface area contributed by atoms with Crippen LogP contribution in [0.5, 0.6) is 5.75 Å². The summed E-state index contributed by atoms with van der Waals surface area (Å²) in [7, 11) is 0. The topological polar surface area (TPSA) is 87.7 Å². The number of hydrogen-bond donors (Lipinski definition) is 1. The summed E-state index contributed by atoms with van der Waals surface area (Å²) < 4.78 is 5.61. The van der Waals surface area contributed by atoms with Gasteiger partial charge in [-0.15, -0.1) is 0 Å². The van der Waals surface area contributed by atoms with Gasteiger partial charge < -0.3 is 19.9 Å². The van der Waals surface area contributed by atoms with Crippen LogP contribution >= 0.6 is 11.6 Å². The van der Waals surface area contributed by atoms with Crippen molar-refractivity contribution in [3.63, 3.8) is 0 Å². The molecule has 9 heteroatoms. The third kappa shape index (κ3) is 6.48. The highest BCUT2D eigenvalue weighted by Crippen LogP contribution is 2.25. The van der Waals surface area contributed by atoms with Gasteiger partial charge in [0.05, 0.1) is 29.7 Å². The molecule has 1 atom stereocenters. The highest BCUT2D eigenvalue weighted by molar-refractivity contribution is 6.33. The zero-order valence-electron chi connectivity index (χ0n) is 19.6. The Morgan fingerprint density at radius 2 is 1.80 bits per heavy atom. The highest BCUT2D eigenvalue weighted by atomic mass is 35.5. The third-order valence-electron chi connectivity index (χ3n) is 5.87. The largest absolute Gasteiger partial charge is 0.493 e. The molecule has 1 fully saturated rings. The zero-order valence-corrected chi connectivity index (χ0v) is 20.3. The molecule has 0 bridgehead atoms. The number of ether oxygens (including phenoxy) is 1. The normalized spacial score (nSPS) is 14.3. The van der Waals surface area contributed by atoms with Crippen molar-refractivity contribution >= 4 is 29.2 Å². The van der Waals surface area contributed by atoms with E-state index >= 15 is 0 Å². The maximum Gasteiger partial charge on any atom is 0.255 e. The van der Waals surface area contributed by atoms with Crippen LogP contribution in [0.15, 0.2) is 67.1 Å². The van der Waals surface area contributed by atoms with E-state index in [4.69, 9.17) is 16.3 Å². The first kappa shape index (κ1) is 24.5. The van der Waals surface area contributed by atoms with E-state index in [0.717, 1.165) is 11.3 Å². The SMILES string of the molecule is CC(Nc1ncc(C(=O)N2CCN(C(=O)CCOc3ccccc3)CC2)cc1Cl)c1cccnc1. The number of amides is 2. The summed E-state index contributed by atoms with van der Waals surface area (Å²) in [4.78, 5) is 37.5. The smallest absolute Gasteiger partial charge is 0.255 e. The second-order valence-electron chi connectivity index (χ2n) is 8.29. The predicted octanol–water partition coefficient (Wildman–Crippen LogP) is 4.06. The Kier molecular flexibility index (Phi) is 8.15. The first-order valence-electron chi connectivity index (χ1n) is 11.6. The molecule has 1 unspecified atom stereocenters. The van der Waals surface area contributed by atoms with Gasteiger partial charge in [-0.1, -0.05) is 35.9 Å². The molecule has 1 saturated heterocycles. The van der Waals surface area contributed by atoms with Crippen molar-refractivity contribution in [1.82, 2.24) is 19.8 Å². The summed E-state index contributed by atoms with van der Waals surface area (Å²) >= 11 is 6.43. The monoisotopic (exact) mass is 493 g/mol. The quantitative estimate of drug-likeness (QED) is 0.509. The van der Waals surface area contributed by atoms with Gasteiger partial charge in [0.2, 0.25) is 5.91 Å². The van der Waals surface area contributed by atoms with Crippen LogP contribution in [0.4, 0.5) is 5.82 Å². The number of benzene rings is 1. The molecular weight excluding hydrogens is 466 g/mol. The maximum absolute atomic E-state index is 13.0. The fourth-order valence-corrected chi connectivity index (χ4v) is 4.08. The number of nitrogens with one attached hydrogen (secondary N) is 1. The molecule has 4 rings (SSSR count). The number of carbonyl (C=O) groups is 2. The Bertz CT molecular complexity index is 1140. The molecular formula is C26H28ClN5O3. The van der Waals surface area contributed by atoms with Crippen molar-refractivity contribution in [2.24, 2.45) is 0 Å². The minimum Gasteiger partial charge on any atom is -0.493 e. The van der Waals surface area contributed by atoms with E-state index in [9.17, 15) is 9.59 Å². The molecule has 0 saturated carbocycles. The van der Waals surface area contributed by atoms with Crippen LogP contribution in [0.25, 0.3) is 0 Å². The Balaban J connectivity index is 1.26. The Hall–Kier alpha value is -3.65. The molecule has 182 valence electrons. The minimum absolute atomic E-state index is 0.0240. The average Bonchev–Trinajstić information content (AvgIpc) is 2.90. The van der Waals surface area contributed by atoms with Crippen molar-refractivity contribution in [3.05, 3.63) is 83.3 Å². The lowest BCUT2D eigenvalue weighted by Crippen LogP contribution is -2.50. The molecule has 35 heavy (non-hydrogen) atoms. The number of carbonyl (C=O) groups excluding carboxylic acids is 2. The molecule has 8 nitrogen and oxygen atoms in total. The van der Waals surface area contributed by atoms with Crippen LogP contribution in [-0.4, -0.2) is 64.4 Å². The summed E-state index contributed by atoms with van der Waals surface area (Å²) in [5.41, 5.74) is 1.43. The van der Waals surface area contributed by atoms with Crippen molar-refractivity contribution in [2.75, 3.05) is 38.1 Å². The summed E-state index contributed by atoms with van der Waals surface area (Å²) in [5, 5.41) is 3.63. The second kappa shape index (κ2) is 11.7. The van der Waals surface area contributed by atoms with Crippen LogP contribution in [0.3, 0.4) is 0 Å². The van der Waals surface area contributed by atoms with Gasteiger partial charge >= 0.3 is 0 Å². The van der Waals surface area contributed by atoms with Crippen LogP contribution in [0.2, 0.25) is 5.02 Å². The molecule has 2 amide bonds. The number of anilines is 1. The summed E-state index contributed by atoms with van der Waals surface area (Å²) in [6.07, 6.45) is 5.33. The first-order chi connectivity index (χ1) is 17.0. The Labute approximate surface area is 209 Å². The minimum atomic E-state index is -0.147. The van der Waals surface area contributed by atoms with E-state index < -0.39 is 0 Å². The summed E-state index contributed by atoms with van der Waals surface area (Å²) in [5.74, 6) is 1.13. The highest BCUT2D eigenvalue weighted by Gasteiger charge is 2.25. The average molecular weight is 494 g/mol. The fraction of sp³-hybridized carbons (Fsp3) is 0.308. The summed E-state index contributed by atoms with van der Waals surface area (Å²) in [6.45, 7) is 4.20. The lowest BCUT2D eigenvalue weighted by molar-refractivity contribution is -0.133.